The number of amides is 2. The Kier molecular flexibility index (Phi) is 7.20. The highest BCUT2D eigenvalue weighted by molar-refractivity contribution is 7.99. The molecule has 0 saturated carbocycles. The second kappa shape index (κ2) is 9.66. The van der Waals surface area contributed by atoms with E-state index in [-0.39, 0.29) is 17.4 Å². The average Bonchev–Trinajstić information content (AvgIpc) is 3.33. The molecule has 0 aliphatic carbocycles. The summed E-state index contributed by atoms with van der Waals surface area (Å²) in [5.41, 5.74) is 1.36. The van der Waals surface area contributed by atoms with Crippen LogP contribution in [0.15, 0.2) is 35.7 Å². The number of rotatable bonds is 6. The number of aryl methyl sites for hydroxylation is 1. The highest BCUT2D eigenvalue weighted by atomic mass is 32.2. The van der Waals surface area contributed by atoms with Crippen molar-refractivity contribution in [2.75, 3.05) is 11.6 Å². The fourth-order valence-electron chi connectivity index (χ4n) is 2.96. The average molecular weight is 446 g/mol. The van der Waals surface area contributed by atoms with E-state index in [4.69, 9.17) is 4.74 Å². The Balaban J connectivity index is 1.66. The summed E-state index contributed by atoms with van der Waals surface area (Å²) in [6.45, 7) is 8.14. The molecule has 1 aliphatic rings. The molecule has 2 aromatic rings. The largest absolute Gasteiger partial charge is 0.487 e. The molecular weight excluding hydrogens is 418 g/mol. The number of para-hydroxylation sites is 1. The molecule has 1 aliphatic heterocycles. The first-order chi connectivity index (χ1) is 14.2. The molecule has 3 rings (SSSR count). The van der Waals surface area contributed by atoms with Crippen molar-refractivity contribution in [1.82, 2.24) is 15.2 Å². The van der Waals surface area contributed by atoms with Gasteiger partial charge in [-0.15, -0.1) is 23.1 Å². The summed E-state index contributed by atoms with van der Waals surface area (Å²) < 4.78 is 5.91. The molecule has 1 N–H and O–H groups in total. The molecular formula is C22H27N3O3S2. The van der Waals surface area contributed by atoms with Gasteiger partial charge in [0.05, 0.1) is 16.6 Å². The summed E-state index contributed by atoms with van der Waals surface area (Å²) in [7, 11) is 0. The Labute approximate surface area is 185 Å². The fraction of sp³-hybridized carbons (Fsp3) is 0.409. The quantitative estimate of drug-likeness (QED) is 0.684. The molecule has 0 radical (unpaired) electrons. The minimum atomic E-state index is -0.453. The first-order valence-corrected chi connectivity index (χ1v) is 11.8. The number of carbonyl (C=O) groups excluding carboxylic acids is 2. The first kappa shape index (κ1) is 22.4. The van der Waals surface area contributed by atoms with E-state index in [0.717, 1.165) is 16.3 Å². The summed E-state index contributed by atoms with van der Waals surface area (Å²) in [6.07, 6.45) is 3.25. The van der Waals surface area contributed by atoms with Crippen LogP contribution in [-0.2, 0) is 16.2 Å². The number of nitrogens with one attached hydrogen (secondary N) is 1. The summed E-state index contributed by atoms with van der Waals surface area (Å²) >= 11 is 3.17. The summed E-state index contributed by atoms with van der Waals surface area (Å²) in [6, 6.07) is 7.11. The summed E-state index contributed by atoms with van der Waals surface area (Å²) in [4.78, 5) is 31.4. The second-order valence-electron chi connectivity index (χ2n) is 8.08. The van der Waals surface area contributed by atoms with Gasteiger partial charge in [-0.2, -0.15) is 0 Å². The predicted octanol–water partition coefficient (Wildman–Crippen LogP) is 3.86. The Bertz CT molecular complexity index is 934. The molecule has 1 saturated heterocycles. The lowest BCUT2D eigenvalue weighted by atomic mass is 10.1. The Morgan fingerprint density at radius 1 is 1.33 bits per heavy atom. The van der Waals surface area contributed by atoms with Crippen molar-refractivity contribution in [1.29, 1.82) is 0 Å². The van der Waals surface area contributed by atoms with Crippen LogP contribution in [0, 0.1) is 6.92 Å². The van der Waals surface area contributed by atoms with Crippen molar-refractivity contribution < 1.29 is 14.3 Å². The van der Waals surface area contributed by atoms with E-state index in [0.29, 0.717) is 24.0 Å². The van der Waals surface area contributed by atoms with Gasteiger partial charge in [-0.05, 0) is 39.8 Å². The number of benzene rings is 1. The van der Waals surface area contributed by atoms with Gasteiger partial charge in [0.15, 0.2) is 0 Å². The van der Waals surface area contributed by atoms with E-state index in [9.17, 15) is 9.59 Å². The van der Waals surface area contributed by atoms with Gasteiger partial charge in [-0.1, -0.05) is 18.2 Å². The van der Waals surface area contributed by atoms with E-state index >= 15 is 0 Å². The molecule has 1 aromatic heterocycles. The molecule has 1 fully saturated rings. The number of thiazole rings is 1. The highest BCUT2D eigenvalue weighted by Gasteiger charge is 2.35. The minimum absolute atomic E-state index is 0.114. The standard InChI is InChI=1S/C22H27N3O3S2/c1-15-23-17(12-30-15)11-28-19-8-6-5-7-16(19)9-10-20(26)25-14-29-13-18(25)21(27)24-22(2,3)4/h5-10,12,18H,11,13-14H2,1-4H3,(H,24,27)/b10-9+. The number of ether oxygens (including phenoxy) is 1. The van der Waals surface area contributed by atoms with Crippen LogP contribution in [0.5, 0.6) is 5.75 Å². The van der Waals surface area contributed by atoms with Crippen LogP contribution < -0.4 is 10.1 Å². The topological polar surface area (TPSA) is 71.5 Å². The van der Waals surface area contributed by atoms with Gasteiger partial charge in [0, 0.05) is 28.3 Å². The first-order valence-electron chi connectivity index (χ1n) is 9.74. The van der Waals surface area contributed by atoms with Gasteiger partial charge in [0.25, 0.3) is 0 Å². The van der Waals surface area contributed by atoms with Crippen LogP contribution in [0.2, 0.25) is 0 Å². The Morgan fingerprint density at radius 2 is 2.10 bits per heavy atom. The molecule has 2 amide bonds. The molecule has 1 atom stereocenters. The third-order valence-corrected chi connectivity index (χ3v) is 6.17. The summed E-state index contributed by atoms with van der Waals surface area (Å²) in [5, 5.41) is 5.95. The zero-order chi connectivity index (χ0) is 21.7. The maximum absolute atomic E-state index is 12.8. The number of thioether (sulfide) groups is 1. The molecule has 1 aromatic carbocycles. The third-order valence-electron chi connectivity index (χ3n) is 4.33. The normalized spacial score (nSPS) is 16.8. The van der Waals surface area contributed by atoms with E-state index in [1.54, 1.807) is 34.1 Å². The van der Waals surface area contributed by atoms with Gasteiger partial charge in [0.1, 0.15) is 18.4 Å². The van der Waals surface area contributed by atoms with Crippen molar-refractivity contribution in [3.8, 4) is 5.75 Å². The fourth-order valence-corrected chi connectivity index (χ4v) is 4.72. The van der Waals surface area contributed by atoms with Gasteiger partial charge in [-0.25, -0.2) is 4.98 Å². The Hall–Kier alpha value is -2.32. The van der Waals surface area contributed by atoms with Gasteiger partial charge in [0.2, 0.25) is 11.8 Å². The number of nitrogens with zero attached hydrogens (tertiary/aromatic N) is 2. The lowest BCUT2D eigenvalue weighted by molar-refractivity contribution is -0.135. The maximum atomic E-state index is 12.8. The number of carbonyl (C=O) groups is 2. The minimum Gasteiger partial charge on any atom is -0.487 e. The zero-order valence-electron chi connectivity index (χ0n) is 17.7. The van der Waals surface area contributed by atoms with Crippen molar-refractivity contribution in [3.05, 3.63) is 52.0 Å². The van der Waals surface area contributed by atoms with Crippen LogP contribution >= 0.6 is 23.1 Å². The highest BCUT2D eigenvalue weighted by Crippen LogP contribution is 2.24. The predicted molar refractivity (Wildman–Crippen MR) is 123 cm³/mol. The van der Waals surface area contributed by atoms with Crippen molar-refractivity contribution >= 4 is 41.0 Å². The molecule has 0 bridgehead atoms. The van der Waals surface area contributed by atoms with Crippen molar-refractivity contribution in [2.24, 2.45) is 0 Å². The van der Waals surface area contributed by atoms with E-state index in [2.05, 4.69) is 10.3 Å². The molecule has 8 heteroatoms. The molecule has 0 spiro atoms. The summed E-state index contributed by atoms with van der Waals surface area (Å²) in [5.74, 6) is 1.50. The monoisotopic (exact) mass is 445 g/mol. The number of hydrogen-bond acceptors (Lipinski definition) is 6. The van der Waals surface area contributed by atoms with E-state index in [1.165, 1.54) is 6.08 Å². The van der Waals surface area contributed by atoms with Gasteiger partial charge in [-0.3, -0.25) is 9.59 Å². The van der Waals surface area contributed by atoms with Crippen LogP contribution in [0.1, 0.15) is 37.0 Å². The maximum Gasteiger partial charge on any atom is 0.247 e. The van der Waals surface area contributed by atoms with Crippen LogP contribution in [-0.4, -0.2) is 44.9 Å². The van der Waals surface area contributed by atoms with Gasteiger partial charge >= 0.3 is 0 Å². The van der Waals surface area contributed by atoms with Crippen molar-refractivity contribution in [2.45, 2.75) is 45.9 Å². The second-order valence-corrected chi connectivity index (χ2v) is 10.1. The lowest BCUT2D eigenvalue weighted by Crippen LogP contribution is -2.52. The van der Waals surface area contributed by atoms with Crippen LogP contribution in [0.4, 0.5) is 0 Å². The third kappa shape index (κ3) is 6.09. The van der Waals surface area contributed by atoms with Crippen LogP contribution in [0.3, 0.4) is 0 Å². The van der Waals surface area contributed by atoms with E-state index in [1.807, 2.05) is 57.3 Å². The number of hydrogen-bond donors (Lipinski definition) is 1. The lowest BCUT2D eigenvalue weighted by Gasteiger charge is -2.27. The molecule has 6 nitrogen and oxygen atoms in total. The molecule has 1 unspecified atom stereocenters. The zero-order valence-corrected chi connectivity index (χ0v) is 19.3. The Morgan fingerprint density at radius 3 is 2.80 bits per heavy atom. The molecule has 160 valence electrons. The molecule has 30 heavy (non-hydrogen) atoms. The van der Waals surface area contributed by atoms with E-state index < -0.39 is 6.04 Å². The molecule has 2 heterocycles. The van der Waals surface area contributed by atoms with Gasteiger partial charge < -0.3 is 15.0 Å². The smallest absolute Gasteiger partial charge is 0.247 e. The number of aromatic nitrogens is 1. The van der Waals surface area contributed by atoms with Crippen molar-refractivity contribution in [3.63, 3.8) is 0 Å². The SMILES string of the molecule is Cc1nc(COc2ccccc2/C=C/C(=O)N2CSCC2C(=O)NC(C)(C)C)cs1. The van der Waals surface area contributed by atoms with Crippen LogP contribution in [0.25, 0.3) is 6.08 Å².